The SMILES string of the molecule is Cc1cc(C)c2sc(N(Cc3ccccn3)C(=O)c3cc(-c4ccccc4)on3)nc2c1. The molecule has 3 aromatic heterocycles. The quantitative estimate of drug-likeness (QED) is 0.345. The average Bonchev–Trinajstić information content (AvgIpc) is 3.46. The first kappa shape index (κ1) is 20.1. The highest BCUT2D eigenvalue weighted by molar-refractivity contribution is 7.22. The molecule has 0 radical (unpaired) electrons. The monoisotopic (exact) mass is 440 g/mol. The number of thiazole rings is 1. The number of aryl methyl sites for hydroxylation is 2. The van der Waals surface area contributed by atoms with Gasteiger partial charge in [0.15, 0.2) is 16.6 Å². The van der Waals surface area contributed by atoms with E-state index < -0.39 is 0 Å². The van der Waals surface area contributed by atoms with Gasteiger partial charge in [-0.25, -0.2) is 4.98 Å². The van der Waals surface area contributed by atoms with Crippen LogP contribution in [0.2, 0.25) is 0 Å². The fourth-order valence-electron chi connectivity index (χ4n) is 3.61. The van der Waals surface area contributed by atoms with Crippen molar-refractivity contribution in [2.45, 2.75) is 20.4 Å². The van der Waals surface area contributed by atoms with Crippen LogP contribution in [-0.4, -0.2) is 21.0 Å². The summed E-state index contributed by atoms with van der Waals surface area (Å²) in [6, 6.07) is 21.1. The Morgan fingerprint density at radius 2 is 1.84 bits per heavy atom. The van der Waals surface area contributed by atoms with Crippen molar-refractivity contribution in [1.29, 1.82) is 0 Å². The zero-order chi connectivity index (χ0) is 22.1. The lowest BCUT2D eigenvalue weighted by molar-refractivity contribution is 0.0976. The maximum atomic E-state index is 13.6. The van der Waals surface area contributed by atoms with E-state index in [0.29, 0.717) is 10.9 Å². The van der Waals surface area contributed by atoms with E-state index in [2.05, 4.69) is 23.1 Å². The Balaban J connectivity index is 1.55. The van der Waals surface area contributed by atoms with Crippen molar-refractivity contribution < 1.29 is 9.32 Å². The van der Waals surface area contributed by atoms with E-state index in [0.717, 1.165) is 32.6 Å². The number of rotatable bonds is 5. The molecular formula is C25H20N4O2S. The number of anilines is 1. The average molecular weight is 441 g/mol. The van der Waals surface area contributed by atoms with Crippen LogP contribution in [0.3, 0.4) is 0 Å². The predicted octanol–water partition coefficient (Wildman–Crippen LogP) is 5.81. The molecule has 0 aliphatic carbocycles. The zero-order valence-electron chi connectivity index (χ0n) is 17.6. The first-order chi connectivity index (χ1) is 15.6. The maximum absolute atomic E-state index is 13.6. The van der Waals surface area contributed by atoms with Gasteiger partial charge in [-0.05, 0) is 43.2 Å². The molecule has 7 heteroatoms. The van der Waals surface area contributed by atoms with Gasteiger partial charge in [-0.1, -0.05) is 59.0 Å². The zero-order valence-corrected chi connectivity index (χ0v) is 18.5. The molecule has 0 bridgehead atoms. The van der Waals surface area contributed by atoms with E-state index >= 15 is 0 Å². The highest BCUT2D eigenvalue weighted by Crippen LogP contribution is 2.33. The number of fused-ring (bicyclic) bond motifs is 1. The van der Waals surface area contributed by atoms with Gasteiger partial charge < -0.3 is 4.52 Å². The van der Waals surface area contributed by atoms with E-state index in [1.54, 1.807) is 17.2 Å². The molecule has 6 nitrogen and oxygen atoms in total. The summed E-state index contributed by atoms with van der Waals surface area (Å²) in [6.07, 6.45) is 1.72. The van der Waals surface area contributed by atoms with Crippen LogP contribution < -0.4 is 4.90 Å². The predicted molar refractivity (Wildman–Crippen MR) is 126 cm³/mol. The third kappa shape index (κ3) is 3.90. The fourth-order valence-corrected chi connectivity index (χ4v) is 4.63. The third-order valence-corrected chi connectivity index (χ3v) is 6.35. The summed E-state index contributed by atoms with van der Waals surface area (Å²) in [5.74, 6) is 0.262. The fraction of sp³-hybridized carbons (Fsp3) is 0.120. The minimum Gasteiger partial charge on any atom is -0.355 e. The molecule has 0 saturated carbocycles. The van der Waals surface area contributed by atoms with Gasteiger partial charge in [0.2, 0.25) is 0 Å². The summed E-state index contributed by atoms with van der Waals surface area (Å²) in [7, 11) is 0. The van der Waals surface area contributed by atoms with Crippen molar-refractivity contribution in [3.8, 4) is 11.3 Å². The standard InChI is InChI=1S/C25H20N4O2S/c1-16-12-17(2)23-20(13-16)27-25(32-23)29(15-19-10-6-7-11-26-19)24(30)21-14-22(31-28-21)18-8-4-3-5-9-18/h3-14H,15H2,1-2H3. The van der Waals surface area contributed by atoms with Crippen LogP contribution in [0.5, 0.6) is 0 Å². The van der Waals surface area contributed by atoms with Gasteiger partial charge >= 0.3 is 0 Å². The van der Waals surface area contributed by atoms with Gasteiger partial charge in [0.25, 0.3) is 5.91 Å². The number of hydrogen-bond donors (Lipinski definition) is 0. The van der Waals surface area contributed by atoms with Gasteiger partial charge in [0, 0.05) is 17.8 Å². The van der Waals surface area contributed by atoms with Crippen LogP contribution in [0.25, 0.3) is 21.5 Å². The molecule has 0 saturated heterocycles. The van der Waals surface area contributed by atoms with Gasteiger partial charge in [-0.2, -0.15) is 0 Å². The summed E-state index contributed by atoms with van der Waals surface area (Å²) in [6.45, 7) is 4.39. The molecule has 1 amide bonds. The van der Waals surface area contributed by atoms with Crippen molar-refractivity contribution in [1.82, 2.24) is 15.1 Å². The molecule has 32 heavy (non-hydrogen) atoms. The molecule has 0 N–H and O–H groups in total. The Morgan fingerprint density at radius 1 is 1.03 bits per heavy atom. The minimum atomic E-state index is -0.282. The summed E-state index contributed by atoms with van der Waals surface area (Å²) in [4.78, 5) is 24.4. The van der Waals surface area contributed by atoms with Crippen molar-refractivity contribution in [2.24, 2.45) is 0 Å². The van der Waals surface area contributed by atoms with E-state index in [1.807, 2.05) is 61.5 Å². The Bertz CT molecular complexity index is 1390. The van der Waals surface area contributed by atoms with Gasteiger partial charge in [-0.15, -0.1) is 0 Å². The molecule has 158 valence electrons. The second kappa shape index (κ2) is 8.36. The summed E-state index contributed by atoms with van der Waals surface area (Å²) in [5, 5.41) is 4.66. The van der Waals surface area contributed by atoms with E-state index in [1.165, 1.54) is 11.3 Å². The Morgan fingerprint density at radius 3 is 2.62 bits per heavy atom. The molecular weight excluding hydrogens is 420 g/mol. The Kier molecular flexibility index (Phi) is 5.25. The number of nitrogens with zero attached hydrogens (tertiary/aromatic N) is 4. The molecule has 5 aromatic rings. The highest BCUT2D eigenvalue weighted by atomic mass is 32.1. The van der Waals surface area contributed by atoms with Crippen molar-refractivity contribution in [3.63, 3.8) is 0 Å². The number of hydrogen-bond acceptors (Lipinski definition) is 6. The number of benzene rings is 2. The smallest absolute Gasteiger partial charge is 0.282 e. The summed E-state index contributed by atoms with van der Waals surface area (Å²) >= 11 is 1.49. The normalized spacial score (nSPS) is 11.1. The largest absolute Gasteiger partial charge is 0.355 e. The topological polar surface area (TPSA) is 72.1 Å². The van der Waals surface area contributed by atoms with Crippen molar-refractivity contribution >= 4 is 32.6 Å². The molecule has 0 unspecified atom stereocenters. The maximum Gasteiger partial charge on any atom is 0.282 e. The highest BCUT2D eigenvalue weighted by Gasteiger charge is 2.25. The first-order valence-corrected chi connectivity index (χ1v) is 11.0. The van der Waals surface area contributed by atoms with Gasteiger partial charge in [0.05, 0.1) is 22.5 Å². The van der Waals surface area contributed by atoms with E-state index in [-0.39, 0.29) is 18.1 Å². The number of carbonyl (C=O) groups is 1. The number of aromatic nitrogens is 3. The van der Waals surface area contributed by atoms with Crippen LogP contribution in [0.1, 0.15) is 27.3 Å². The van der Waals surface area contributed by atoms with Crippen molar-refractivity contribution in [2.75, 3.05) is 4.90 Å². The molecule has 0 atom stereocenters. The van der Waals surface area contributed by atoms with E-state index in [4.69, 9.17) is 9.51 Å². The van der Waals surface area contributed by atoms with Crippen LogP contribution in [-0.2, 0) is 6.54 Å². The molecule has 0 fully saturated rings. The van der Waals surface area contributed by atoms with Gasteiger partial charge in [-0.3, -0.25) is 14.7 Å². The Hall–Kier alpha value is -3.84. The third-order valence-electron chi connectivity index (χ3n) is 5.12. The van der Waals surface area contributed by atoms with E-state index in [9.17, 15) is 4.79 Å². The van der Waals surface area contributed by atoms with Gasteiger partial charge in [0.1, 0.15) is 0 Å². The number of carbonyl (C=O) groups excluding carboxylic acids is 1. The molecule has 0 aliphatic rings. The molecule has 0 aliphatic heterocycles. The van der Waals surface area contributed by atoms with Crippen LogP contribution in [0.15, 0.2) is 77.4 Å². The lowest BCUT2D eigenvalue weighted by Gasteiger charge is -2.18. The number of amides is 1. The van der Waals surface area contributed by atoms with Crippen LogP contribution in [0, 0.1) is 13.8 Å². The molecule has 2 aromatic carbocycles. The number of pyridine rings is 1. The van der Waals surface area contributed by atoms with Crippen molar-refractivity contribution in [3.05, 3.63) is 95.4 Å². The van der Waals surface area contributed by atoms with Crippen LogP contribution >= 0.6 is 11.3 Å². The first-order valence-electron chi connectivity index (χ1n) is 10.2. The molecule has 5 rings (SSSR count). The minimum absolute atomic E-state index is 0.229. The second-order valence-electron chi connectivity index (χ2n) is 7.58. The second-order valence-corrected chi connectivity index (χ2v) is 8.56. The lowest BCUT2D eigenvalue weighted by atomic mass is 10.1. The summed E-state index contributed by atoms with van der Waals surface area (Å²) in [5.41, 5.74) is 5.01. The molecule has 3 heterocycles. The molecule has 0 spiro atoms. The lowest BCUT2D eigenvalue weighted by Crippen LogP contribution is -2.31. The summed E-state index contributed by atoms with van der Waals surface area (Å²) < 4.78 is 6.54. The van der Waals surface area contributed by atoms with Crippen LogP contribution in [0.4, 0.5) is 5.13 Å². The Labute approximate surface area is 189 Å².